The number of benzene rings is 2. The van der Waals surface area contributed by atoms with Gasteiger partial charge in [-0.3, -0.25) is 0 Å². The molecule has 0 bridgehead atoms. The van der Waals surface area contributed by atoms with Crippen LogP contribution >= 0.6 is 0 Å². The Morgan fingerprint density at radius 3 is 2.38 bits per heavy atom. The van der Waals surface area contributed by atoms with Gasteiger partial charge in [0.1, 0.15) is 0 Å². The van der Waals surface area contributed by atoms with Crippen LogP contribution in [0.5, 0.6) is 0 Å². The molecule has 1 heteroatoms. The lowest BCUT2D eigenvalue weighted by Crippen LogP contribution is -2.17. The van der Waals surface area contributed by atoms with Crippen molar-refractivity contribution in [3.63, 3.8) is 0 Å². The number of hydrogen-bond acceptors (Lipinski definition) is 1. The van der Waals surface area contributed by atoms with Crippen LogP contribution in [0.4, 0.5) is 0 Å². The molecule has 1 unspecified atom stereocenters. The maximum absolute atomic E-state index is 5.45. The van der Waals surface area contributed by atoms with E-state index in [2.05, 4.69) is 68.9 Å². The zero-order valence-electron chi connectivity index (χ0n) is 16.4. The van der Waals surface area contributed by atoms with Gasteiger partial charge in [0, 0.05) is 23.4 Å². The topological polar surface area (TPSA) is 12.0 Å². The zero-order valence-corrected chi connectivity index (χ0v) is 16.4. The van der Waals surface area contributed by atoms with E-state index >= 15 is 0 Å². The molecule has 1 N–H and O–H groups in total. The summed E-state index contributed by atoms with van der Waals surface area (Å²) in [5, 5.41) is 3.56. The average molecular weight is 346 g/mol. The third-order valence-electron chi connectivity index (χ3n) is 5.21. The van der Waals surface area contributed by atoms with Crippen molar-refractivity contribution in [2.45, 2.75) is 52.4 Å². The molecule has 2 aromatic rings. The Hall–Kier alpha value is -2.46. The fraction of sp³-hybridized carbons (Fsp3) is 0.360. The first kappa shape index (κ1) is 19.9. The van der Waals surface area contributed by atoms with E-state index in [4.69, 9.17) is 6.42 Å². The Morgan fingerprint density at radius 1 is 1.08 bits per heavy atom. The predicted octanol–water partition coefficient (Wildman–Crippen LogP) is 5.94. The SMILES string of the molecule is C#Cc1ccc(C(CC)CCNC(=C)c2cccc(CC)c2CC)cc1. The lowest BCUT2D eigenvalue weighted by molar-refractivity contribution is 0.593. The van der Waals surface area contributed by atoms with E-state index in [0.717, 1.165) is 43.5 Å². The highest BCUT2D eigenvalue weighted by Crippen LogP contribution is 2.25. The summed E-state index contributed by atoms with van der Waals surface area (Å²) in [4.78, 5) is 0. The van der Waals surface area contributed by atoms with Crippen molar-refractivity contribution in [3.8, 4) is 12.3 Å². The number of hydrogen-bond donors (Lipinski definition) is 1. The summed E-state index contributed by atoms with van der Waals surface area (Å²) in [6.45, 7) is 11.9. The molecule has 0 spiro atoms. The van der Waals surface area contributed by atoms with Gasteiger partial charge in [-0.2, -0.15) is 0 Å². The minimum atomic E-state index is 0.537. The standard InChI is InChI=1S/C25H31N/c1-6-20-13-15-23(16-14-20)21(7-2)17-18-26-19(5)25-12-10-11-22(8-3)24(25)9-4/h1,10-16,21,26H,5,7-9,17-18H2,2-4H3. The van der Waals surface area contributed by atoms with Gasteiger partial charge in [-0.25, -0.2) is 0 Å². The number of rotatable bonds is 9. The summed E-state index contributed by atoms with van der Waals surface area (Å²) in [5.41, 5.74) is 7.45. The smallest absolute Gasteiger partial charge is 0.0343 e. The first-order valence-electron chi connectivity index (χ1n) is 9.74. The lowest BCUT2D eigenvalue weighted by atomic mass is 9.92. The van der Waals surface area contributed by atoms with Crippen LogP contribution in [0, 0.1) is 12.3 Å². The van der Waals surface area contributed by atoms with E-state index in [9.17, 15) is 0 Å². The molecule has 0 fully saturated rings. The molecule has 0 aliphatic rings. The van der Waals surface area contributed by atoms with Crippen molar-refractivity contribution < 1.29 is 0 Å². The molecule has 0 saturated heterocycles. The maximum Gasteiger partial charge on any atom is 0.0343 e. The molecule has 0 amide bonds. The highest BCUT2D eigenvalue weighted by molar-refractivity contribution is 5.66. The molecular weight excluding hydrogens is 314 g/mol. The van der Waals surface area contributed by atoms with Gasteiger partial charge < -0.3 is 5.32 Å². The Balaban J connectivity index is 1.99. The first-order valence-corrected chi connectivity index (χ1v) is 9.74. The minimum absolute atomic E-state index is 0.537. The molecule has 2 rings (SSSR count). The summed E-state index contributed by atoms with van der Waals surface area (Å²) < 4.78 is 0. The Kier molecular flexibility index (Phi) is 7.54. The Morgan fingerprint density at radius 2 is 1.81 bits per heavy atom. The molecule has 0 saturated carbocycles. The third kappa shape index (κ3) is 4.79. The van der Waals surface area contributed by atoms with Gasteiger partial charge in [-0.15, -0.1) is 6.42 Å². The summed E-state index contributed by atoms with van der Waals surface area (Å²) in [5.74, 6) is 3.22. The van der Waals surface area contributed by atoms with Gasteiger partial charge in [0.25, 0.3) is 0 Å². The fourth-order valence-corrected chi connectivity index (χ4v) is 3.62. The van der Waals surface area contributed by atoms with Crippen LogP contribution in [0.15, 0.2) is 49.0 Å². The molecule has 0 aromatic heterocycles. The van der Waals surface area contributed by atoms with Gasteiger partial charge >= 0.3 is 0 Å². The third-order valence-corrected chi connectivity index (χ3v) is 5.21. The molecule has 26 heavy (non-hydrogen) atoms. The second-order valence-electron chi connectivity index (χ2n) is 6.72. The molecule has 136 valence electrons. The average Bonchev–Trinajstić information content (AvgIpc) is 2.70. The van der Waals surface area contributed by atoms with Crippen molar-refractivity contribution in [1.82, 2.24) is 5.32 Å². The highest BCUT2D eigenvalue weighted by atomic mass is 14.9. The van der Waals surface area contributed by atoms with Gasteiger partial charge in [0.15, 0.2) is 0 Å². The molecule has 0 aliphatic carbocycles. The fourth-order valence-electron chi connectivity index (χ4n) is 3.62. The van der Waals surface area contributed by atoms with E-state index in [-0.39, 0.29) is 0 Å². The predicted molar refractivity (Wildman–Crippen MR) is 114 cm³/mol. The highest BCUT2D eigenvalue weighted by Gasteiger charge is 2.11. The first-order chi connectivity index (χ1) is 12.6. The van der Waals surface area contributed by atoms with Crippen LogP contribution in [0.3, 0.4) is 0 Å². The van der Waals surface area contributed by atoms with E-state index in [1.54, 1.807) is 0 Å². The van der Waals surface area contributed by atoms with Crippen LogP contribution in [-0.2, 0) is 12.8 Å². The Bertz CT molecular complexity index is 762. The summed E-state index contributed by atoms with van der Waals surface area (Å²) in [6, 6.07) is 15.0. The molecule has 0 aliphatic heterocycles. The van der Waals surface area contributed by atoms with Crippen LogP contribution in [0.1, 0.15) is 67.3 Å². The van der Waals surface area contributed by atoms with E-state index in [1.165, 1.54) is 22.3 Å². The summed E-state index contributed by atoms with van der Waals surface area (Å²) in [7, 11) is 0. The molecule has 1 nitrogen and oxygen atoms in total. The largest absolute Gasteiger partial charge is 0.385 e. The zero-order chi connectivity index (χ0) is 18.9. The van der Waals surface area contributed by atoms with Crippen molar-refractivity contribution in [2.75, 3.05) is 6.54 Å². The maximum atomic E-state index is 5.45. The lowest BCUT2D eigenvalue weighted by Gasteiger charge is -2.19. The van der Waals surface area contributed by atoms with E-state index in [0.29, 0.717) is 5.92 Å². The number of aryl methyl sites for hydroxylation is 1. The van der Waals surface area contributed by atoms with Crippen molar-refractivity contribution in [1.29, 1.82) is 0 Å². The van der Waals surface area contributed by atoms with Crippen LogP contribution in [0.25, 0.3) is 5.70 Å². The monoisotopic (exact) mass is 345 g/mol. The molecule has 0 radical (unpaired) electrons. The normalized spacial score (nSPS) is 11.6. The second kappa shape index (κ2) is 9.88. The van der Waals surface area contributed by atoms with E-state index < -0.39 is 0 Å². The quantitative estimate of drug-likeness (QED) is 0.555. The van der Waals surface area contributed by atoms with Gasteiger partial charge in [-0.05, 0) is 60.4 Å². The molecule has 2 aromatic carbocycles. The second-order valence-corrected chi connectivity index (χ2v) is 6.72. The summed E-state index contributed by atoms with van der Waals surface area (Å²) >= 11 is 0. The van der Waals surface area contributed by atoms with E-state index in [1.807, 2.05) is 12.1 Å². The number of nitrogens with one attached hydrogen (secondary N) is 1. The van der Waals surface area contributed by atoms with Gasteiger partial charge in [-0.1, -0.05) is 63.6 Å². The van der Waals surface area contributed by atoms with Crippen LogP contribution in [0.2, 0.25) is 0 Å². The molecule has 1 atom stereocenters. The van der Waals surface area contributed by atoms with Gasteiger partial charge in [0.05, 0.1) is 0 Å². The number of terminal acetylenes is 1. The van der Waals surface area contributed by atoms with Crippen LogP contribution in [-0.4, -0.2) is 6.54 Å². The van der Waals surface area contributed by atoms with Crippen molar-refractivity contribution in [2.24, 2.45) is 0 Å². The van der Waals surface area contributed by atoms with Crippen molar-refractivity contribution in [3.05, 3.63) is 76.9 Å². The minimum Gasteiger partial charge on any atom is -0.385 e. The van der Waals surface area contributed by atoms with Crippen LogP contribution < -0.4 is 5.32 Å². The van der Waals surface area contributed by atoms with Crippen molar-refractivity contribution >= 4 is 5.70 Å². The molecular formula is C25H31N. The Labute approximate surface area is 159 Å². The van der Waals surface area contributed by atoms with Gasteiger partial charge in [0.2, 0.25) is 0 Å². The molecule has 0 heterocycles. The summed E-state index contributed by atoms with van der Waals surface area (Å²) in [6.07, 6.45) is 9.76.